The van der Waals surface area contributed by atoms with Crippen LogP contribution in [0.25, 0.3) is 0 Å². The first-order chi connectivity index (χ1) is 8.38. The molecule has 1 aliphatic carbocycles. The summed E-state index contributed by atoms with van der Waals surface area (Å²) in [4.78, 5) is 12.9. The van der Waals surface area contributed by atoms with Crippen molar-refractivity contribution in [3.63, 3.8) is 0 Å². The van der Waals surface area contributed by atoms with Crippen LogP contribution in [0.5, 0.6) is 0 Å². The average molecular weight is 284 g/mol. The van der Waals surface area contributed by atoms with Gasteiger partial charge in [-0.15, -0.1) is 0 Å². The molecule has 19 heavy (non-hydrogen) atoms. The predicted molar refractivity (Wildman–Crippen MR) is 83.9 cm³/mol. The maximum atomic E-state index is 12.6. The van der Waals surface area contributed by atoms with Gasteiger partial charge in [0.1, 0.15) is 0 Å². The Kier molecular flexibility index (Phi) is 4.35. The highest BCUT2D eigenvalue weighted by Crippen LogP contribution is 2.46. The van der Waals surface area contributed by atoms with E-state index in [0.717, 1.165) is 19.3 Å². The zero-order valence-electron chi connectivity index (χ0n) is 13.1. The van der Waals surface area contributed by atoms with Crippen LogP contribution in [0.2, 0.25) is 0 Å². The maximum Gasteiger partial charge on any atom is 0.233 e. The molecule has 1 amide bonds. The number of thiocarbonyl (C=S) groups is 1. The third-order valence-corrected chi connectivity index (χ3v) is 4.12. The molecule has 1 aliphatic rings. The van der Waals surface area contributed by atoms with E-state index in [-0.39, 0.29) is 16.9 Å². The molecule has 0 heterocycles. The lowest BCUT2D eigenvalue weighted by molar-refractivity contribution is -0.134. The standard InChI is InChI=1S/C15H28N2OS/c1-10-7-15(8-10,11(16)19)12(18)17-14(5,6)9-13(2,3)4/h10H,7-9H2,1-6H3,(H2,16,19)(H,17,18). The number of nitrogens with two attached hydrogens (primary N) is 1. The number of hydrogen-bond donors (Lipinski definition) is 2. The summed E-state index contributed by atoms with van der Waals surface area (Å²) in [6.07, 6.45) is 2.47. The first-order valence-electron chi connectivity index (χ1n) is 7.00. The smallest absolute Gasteiger partial charge is 0.233 e. The summed E-state index contributed by atoms with van der Waals surface area (Å²) in [5.74, 6) is 0.533. The van der Waals surface area contributed by atoms with Gasteiger partial charge >= 0.3 is 0 Å². The van der Waals surface area contributed by atoms with Crippen LogP contribution in [-0.2, 0) is 4.79 Å². The molecule has 0 spiro atoms. The number of rotatable bonds is 4. The van der Waals surface area contributed by atoms with E-state index < -0.39 is 5.41 Å². The van der Waals surface area contributed by atoms with Crippen molar-refractivity contribution in [2.75, 3.05) is 0 Å². The highest BCUT2D eigenvalue weighted by atomic mass is 32.1. The van der Waals surface area contributed by atoms with Crippen LogP contribution >= 0.6 is 12.2 Å². The normalized spacial score (nSPS) is 27.6. The monoisotopic (exact) mass is 284 g/mol. The zero-order chi connectivity index (χ0) is 15.1. The second kappa shape index (κ2) is 5.04. The molecule has 3 N–H and O–H groups in total. The van der Waals surface area contributed by atoms with Gasteiger partial charge in [-0.25, -0.2) is 0 Å². The Morgan fingerprint density at radius 2 is 1.79 bits per heavy atom. The van der Waals surface area contributed by atoms with Gasteiger partial charge in [0.25, 0.3) is 0 Å². The van der Waals surface area contributed by atoms with Crippen molar-refractivity contribution < 1.29 is 4.79 Å². The second-order valence-corrected chi connectivity index (χ2v) is 8.48. The van der Waals surface area contributed by atoms with Gasteiger partial charge in [0, 0.05) is 5.54 Å². The van der Waals surface area contributed by atoms with E-state index in [1.807, 2.05) is 0 Å². The van der Waals surface area contributed by atoms with Crippen LogP contribution in [0.3, 0.4) is 0 Å². The van der Waals surface area contributed by atoms with Gasteiger partial charge in [0.05, 0.1) is 10.4 Å². The number of carbonyl (C=O) groups excluding carboxylic acids is 1. The van der Waals surface area contributed by atoms with Gasteiger partial charge in [-0.1, -0.05) is 39.9 Å². The van der Waals surface area contributed by atoms with Crippen molar-refractivity contribution in [3.05, 3.63) is 0 Å². The molecule has 0 bridgehead atoms. The summed E-state index contributed by atoms with van der Waals surface area (Å²) in [7, 11) is 0. The van der Waals surface area contributed by atoms with E-state index in [1.54, 1.807) is 0 Å². The Morgan fingerprint density at radius 3 is 2.11 bits per heavy atom. The van der Waals surface area contributed by atoms with E-state index in [0.29, 0.717) is 10.9 Å². The zero-order valence-corrected chi connectivity index (χ0v) is 13.9. The van der Waals surface area contributed by atoms with E-state index in [1.165, 1.54) is 0 Å². The lowest BCUT2D eigenvalue weighted by Gasteiger charge is -2.46. The first-order valence-corrected chi connectivity index (χ1v) is 7.41. The second-order valence-electron chi connectivity index (χ2n) is 8.04. The fourth-order valence-corrected chi connectivity index (χ4v) is 3.68. The molecular weight excluding hydrogens is 256 g/mol. The minimum Gasteiger partial charge on any atom is -0.392 e. The topological polar surface area (TPSA) is 55.1 Å². The van der Waals surface area contributed by atoms with E-state index in [4.69, 9.17) is 18.0 Å². The minimum atomic E-state index is -0.607. The van der Waals surface area contributed by atoms with Crippen LogP contribution in [0.1, 0.15) is 60.8 Å². The molecule has 1 rings (SSSR count). The summed E-state index contributed by atoms with van der Waals surface area (Å²) in [6.45, 7) is 12.8. The number of carbonyl (C=O) groups is 1. The summed E-state index contributed by atoms with van der Waals surface area (Å²) < 4.78 is 0. The molecule has 1 fully saturated rings. The van der Waals surface area contributed by atoms with Gasteiger partial charge in [-0.3, -0.25) is 4.79 Å². The Balaban J connectivity index is 2.76. The molecule has 0 unspecified atom stereocenters. The van der Waals surface area contributed by atoms with Gasteiger partial charge in [0.2, 0.25) is 5.91 Å². The van der Waals surface area contributed by atoms with E-state index in [9.17, 15) is 4.79 Å². The SMILES string of the molecule is CC1CC(C(=O)NC(C)(C)CC(C)(C)C)(C(N)=S)C1. The number of amides is 1. The van der Waals surface area contributed by atoms with Crippen LogP contribution in [0.4, 0.5) is 0 Å². The molecule has 1 saturated carbocycles. The highest BCUT2D eigenvalue weighted by Gasteiger charge is 2.51. The summed E-state index contributed by atoms with van der Waals surface area (Å²) in [6, 6.07) is 0. The van der Waals surface area contributed by atoms with Crippen LogP contribution in [-0.4, -0.2) is 16.4 Å². The third kappa shape index (κ3) is 3.91. The molecule has 110 valence electrons. The largest absolute Gasteiger partial charge is 0.392 e. The molecule has 0 saturated heterocycles. The van der Waals surface area contributed by atoms with Gasteiger partial charge in [-0.05, 0) is 44.4 Å². The van der Waals surface area contributed by atoms with Crippen molar-refractivity contribution in [3.8, 4) is 0 Å². The predicted octanol–water partition coefficient (Wildman–Crippen LogP) is 3.02. The molecular formula is C15H28N2OS. The van der Waals surface area contributed by atoms with Crippen LogP contribution < -0.4 is 11.1 Å². The molecule has 4 heteroatoms. The van der Waals surface area contributed by atoms with Crippen molar-refractivity contribution in [1.29, 1.82) is 0 Å². The maximum absolute atomic E-state index is 12.6. The molecule has 0 atom stereocenters. The molecule has 3 nitrogen and oxygen atoms in total. The molecule has 0 aromatic rings. The lowest BCUT2D eigenvalue weighted by atomic mass is 9.61. The van der Waals surface area contributed by atoms with Gasteiger partial charge in [0.15, 0.2) is 0 Å². The fourth-order valence-electron chi connectivity index (χ4n) is 3.43. The molecule has 0 aromatic carbocycles. The average Bonchev–Trinajstić information content (AvgIpc) is 2.05. The summed E-state index contributed by atoms with van der Waals surface area (Å²) in [5.41, 5.74) is 5.13. The van der Waals surface area contributed by atoms with Gasteiger partial charge < -0.3 is 11.1 Å². The molecule has 0 radical (unpaired) electrons. The number of nitrogens with one attached hydrogen (secondary N) is 1. The van der Waals surface area contributed by atoms with Crippen LogP contribution in [0.15, 0.2) is 0 Å². The first kappa shape index (κ1) is 16.4. The van der Waals surface area contributed by atoms with Crippen molar-refractivity contribution in [2.24, 2.45) is 22.5 Å². The number of hydrogen-bond acceptors (Lipinski definition) is 2. The van der Waals surface area contributed by atoms with E-state index >= 15 is 0 Å². The van der Waals surface area contributed by atoms with Crippen molar-refractivity contribution >= 4 is 23.1 Å². The highest BCUT2D eigenvalue weighted by molar-refractivity contribution is 7.80. The van der Waals surface area contributed by atoms with Crippen molar-refractivity contribution in [1.82, 2.24) is 5.32 Å². The van der Waals surface area contributed by atoms with E-state index in [2.05, 4.69) is 46.9 Å². The summed E-state index contributed by atoms with van der Waals surface area (Å²) in [5, 5.41) is 3.15. The quantitative estimate of drug-likeness (QED) is 0.780. The Bertz CT molecular complexity index is 376. The third-order valence-electron chi connectivity index (χ3n) is 3.72. The molecule has 0 aromatic heterocycles. The molecule has 0 aliphatic heterocycles. The Morgan fingerprint density at radius 1 is 1.32 bits per heavy atom. The Labute approximate surface area is 122 Å². The minimum absolute atomic E-state index is 0.00681. The summed E-state index contributed by atoms with van der Waals surface area (Å²) >= 11 is 5.13. The fraction of sp³-hybridized carbons (Fsp3) is 0.867. The van der Waals surface area contributed by atoms with Crippen LogP contribution in [0, 0.1) is 16.7 Å². The van der Waals surface area contributed by atoms with Crippen molar-refractivity contribution in [2.45, 2.75) is 66.3 Å². The lowest BCUT2D eigenvalue weighted by Crippen LogP contribution is -2.60. The van der Waals surface area contributed by atoms with Gasteiger partial charge in [-0.2, -0.15) is 0 Å². The Hall–Kier alpha value is -0.640.